The lowest BCUT2D eigenvalue weighted by Crippen LogP contribution is -2.20. The zero-order chi connectivity index (χ0) is 19.8. The van der Waals surface area contributed by atoms with E-state index in [4.69, 9.17) is 26.1 Å². The molecule has 0 saturated carbocycles. The summed E-state index contributed by atoms with van der Waals surface area (Å²) in [6.45, 7) is 3.09. The zero-order valence-corrected chi connectivity index (χ0v) is 17.8. The van der Waals surface area contributed by atoms with E-state index in [9.17, 15) is 4.79 Å². The quantitative estimate of drug-likeness (QED) is 0.538. The third kappa shape index (κ3) is 3.31. The van der Waals surface area contributed by atoms with Crippen LogP contribution >= 0.6 is 27.5 Å². The SMILES string of the molecule is CCOc1c(Br)cc(C=C2CCn3c2nc2cc(Cl)ccc2c3=O)cc1OC. The first-order valence-corrected chi connectivity index (χ1v) is 10.1. The number of nitrogens with zero attached hydrogens (tertiary/aromatic N) is 2. The van der Waals surface area contributed by atoms with Crippen molar-refractivity contribution in [2.45, 2.75) is 19.9 Å². The van der Waals surface area contributed by atoms with Crippen molar-refractivity contribution in [1.29, 1.82) is 0 Å². The molecule has 0 aliphatic carbocycles. The van der Waals surface area contributed by atoms with Crippen LogP contribution in [0.25, 0.3) is 22.6 Å². The molecule has 0 radical (unpaired) electrons. The number of hydrogen-bond donors (Lipinski definition) is 0. The Kier molecular flexibility index (Phi) is 5.17. The first-order chi connectivity index (χ1) is 13.5. The number of fused-ring (bicyclic) bond motifs is 2. The summed E-state index contributed by atoms with van der Waals surface area (Å²) < 4.78 is 13.7. The van der Waals surface area contributed by atoms with Crippen molar-refractivity contribution in [1.82, 2.24) is 9.55 Å². The molecule has 4 rings (SSSR count). The first-order valence-electron chi connectivity index (χ1n) is 8.93. The highest BCUT2D eigenvalue weighted by atomic mass is 79.9. The third-order valence-corrected chi connectivity index (χ3v) is 5.51. The van der Waals surface area contributed by atoms with Gasteiger partial charge in [0.25, 0.3) is 5.56 Å². The summed E-state index contributed by atoms with van der Waals surface area (Å²) in [5.41, 5.74) is 2.51. The minimum Gasteiger partial charge on any atom is -0.493 e. The normalized spacial score (nSPS) is 14.5. The number of allylic oxidation sites excluding steroid dienone is 1. The second-order valence-electron chi connectivity index (χ2n) is 6.44. The standard InChI is InChI=1S/C21H18BrClN2O3/c1-3-28-19-16(22)9-12(10-18(19)27-2)8-13-6-7-25-20(13)24-17-11-14(23)4-5-15(17)21(25)26/h4-5,8-11H,3,6-7H2,1-2H3. The third-order valence-electron chi connectivity index (χ3n) is 4.69. The number of rotatable bonds is 4. The highest BCUT2D eigenvalue weighted by Crippen LogP contribution is 2.38. The van der Waals surface area contributed by atoms with Crippen LogP contribution in [-0.2, 0) is 6.54 Å². The van der Waals surface area contributed by atoms with E-state index in [1.807, 2.05) is 25.1 Å². The van der Waals surface area contributed by atoms with Crippen molar-refractivity contribution in [3.63, 3.8) is 0 Å². The van der Waals surface area contributed by atoms with Crippen LogP contribution in [0.2, 0.25) is 5.02 Å². The number of aromatic nitrogens is 2. The summed E-state index contributed by atoms with van der Waals surface area (Å²) >= 11 is 9.64. The lowest BCUT2D eigenvalue weighted by molar-refractivity contribution is 0.309. The second kappa shape index (κ2) is 7.60. The van der Waals surface area contributed by atoms with Crippen LogP contribution < -0.4 is 15.0 Å². The number of ether oxygens (including phenoxy) is 2. The summed E-state index contributed by atoms with van der Waals surface area (Å²) in [6.07, 6.45) is 2.77. The molecule has 1 aliphatic heterocycles. The van der Waals surface area contributed by atoms with Crippen LogP contribution in [0.3, 0.4) is 0 Å². The van der Waals surface area contributed by atoms with Gasteiger partial charge in [-0.2, -0.15) is 0 Å². The van der Waals surface area contributed by atoms with Crippen molar-refractivity contribution in [2.24, 2.45) is 0 Å². The predicted octanol–water partition coefficient (Wildman–Crippen LogP) is 5.16. The van der Waals surface area contributed by atoms with Gasteiger partial charge in [0.2, 0.25) is 0 Å². The van der Waals surface area contributed by atoms with Crippen LogP contribution in [0.15, 0.2) is 39.6 Å². The smallest absolute Gasteiger partial charge is 0.261 e. The maximum Gasteiger partial charge on any atom is 0.261 e. The Morgan fingerprint density at radius 1 is 1.32 bits per heavy atom. The van der Waals surface area contributed by atoms with Crippen LogP contribution in [-0.4, -0.2) is 23.3 Å². The van der Waals surface area contributed by atoms with E-state index in [-0.39, 0.29) is 5.56 Å². The monoisotopic (exact) mass is 460 g/mol. The van der Waals surface area contributed by atoms with Crippen molar-refractivity contribution in [3.05, 3.63) is 61.6 Å². The molecule has 5 nitrogen and oxygen atoms in total. The molecule has 28 heavy (non-hydrogen) atoms. The average Bonchev–Trinajstić information content (AvgIpc) is 3.06. The highest BCUT2D eigenvalue weighted by molar-refractivity contribution is 9.10. The van der Waals surface area contributed by atoms with E-state index in [2.05, 4.69) is 15.9 Å². The molecule has 3 aromatic rings. The van der Waals surface area contributed by atoms with Gasteiger partial charge in [0.15, 0.2) is 11.5 Å². The second-order valence-corrected chi connectivity index (χ2v) is 7.73. The number of methoxy groups -OCH3 is 1. The maximum atomic E-state index is 12.8. The Bertz CT molecular complexity index is 1170. The van der Waals surface area contributed by atoms with Crippen molar-refractivity contribution in [3.8, 4) is 11.5 Å². The predicted molar refractivity (Wildman–Crippen MR) is 115 cm³/mol. The Balaban J connectivity index is 1.83. The number of halogens is 2. The summed E-state index contributed by atoms with van der Waals surface area (Å²) in [5.74, 6) is 2.01. The maximum absolute atomic E-state index is 12.8. The van der Waals surface area contributed by atoms with Gasteiger partial charge in [0, 0.05) is 11.6 Å². The van der Waals surface area contributed by atoms with Crippen LogP contribution in [0.5, 0.6) is 11.5 Å². The fraction of sp³-hybridized carbons (Fsp3) is 0.238. The van der Waals surface area contributed by atoms with Crippen LogP contribution in [0.1, 0.15) is 24.7 Å². The molecule has 0 amide bonds. The highest BCUT2D eigenvalue weighted by Gasteiger charge is 2.21. The zero-order valence-electron chi connectivity index (χ0n) is 15.5. The van der Waals surface area contributed by atoms with E-state index >= 15 is 0 Å². The average molecular weight is 462 g/mol. The minimum atomic E-state index is -0.0366. The first kappa shape index (κ1) is 19.0. The van der Waals surface area contributed by atoms with Crippen LogP contribution in [0.4, 0.5) is 0 Å². The van der Waals surface area contributed by atoms with Crippen molar-refractivity contribution in [2.75, 3.05) is 13.7 Å². The van der Waals surface area contributed by atoms with Gasteiger partial charge >= 0.3 is 0 Å². The van der Waals surface area contributed by atoms with E-state index in [1.54, 1.807) is 29.9 Å². The molecule has 1 aromatic heterocycles. The summed E-state index contributed by atoms with van der Waals surface area (Å²) in [7, 11) is 1.61. The van der Waals surface area contributed by atoms with Crippen molar-refractivity contribution >= 4 is 50.1 Å². The molecular weight excluding hydrogens is 444 g/mol. The van der Waals surface area contributed by atoms with Crippen molar-refractivity contribution < 1.29 is 9.47 Å². The Hall–Kier alpha value is -2.31. The molecule has 0 N–H and O–H groups in total. The molecule has 0 atom stereocenters. The molecule has 1 aliphatic rings. The number of hydrogen-bond acceptors (Lipinski definition) is 4. The molecule has 7 heteroatoms. The van der Waals surface area contributed by atoms with Gasteiger partial charge in [-0.05, 0) is 76.8 Å². The molecule has 144 valence electrons. The molecule has 0 spiro atoms. The van der Waals surface area contributed by atoms with E-state index in [0.717, 1.165) is 22.0 Å². The molecular formula is C21H18BrClN2O3. The van der Waals surface area contributed by atoms with E-state index in [1.165, 1.54) is 0 Å². The molecule has 0 unspecified atom stereocenters. The number of benzene rings is 2. The molecule has 0 bridgehead atoms. The summed E-state index contributed by atoms with van der Waals surface area (Å²) in [4.78, 5) is 17.5. The summed E-state index contributed by atoms with van der Waals surface area (Å²) in [5, 5.41) is 1.15. The Labute approximate surface area is 175 Å². The Morgan fingerprint density at radius 2 is 2.14 bits per heavy atom. The van der Waals surface area contributed by atoms with Crippen LogP contribution in [0, 0.1) is 0 Å². The van der Waals surface area contributed by atoms with E-state index < -0.39 is 0 Å². The molecule has 0 saturated heterocycles. The molecule has 2 aromatic carbocycles. The van der Waals surface area contributed by atoms with Gasteiger partial charge in [-0.1, -0.05) is 11.6 Å². The Morgan fingerprint density at radius 3 is 2.89 bits per heavy atom. The van der Waals surface area contributed by atoms with Gasteiger partial charge < -0.3 is 9.47 Å². The topological polar surface area (TPSA) is 53.4 Å². The fourth-order valence-electron chi connectivity index (χ4n) is 3.44. The van der Waals surface area contributed by atoms with E-state index in [0.29, 0.717) is 46.4 Å². The molecule has 0 fully saturated rings. The van der Waals surface area contributed by atoms with Gasteiger partial charge in [-0.3, -0.25) is 9.36 Å². The van der Waals surface area contributed by atoms with Gasteiger partial charge in [0.05, 0.1) is 29.1 Å². The largest absolute Gasteiger partial charge is 0.493 e. The van der Waals surface area contributed by atoms with Gasteiger partial charge in [-0.15, -0.1) is 0 Å². The molecule has 2 heterocycles. The fourth-order valence-corrected chi connectivity index (χ4v) is 4.18. The van der Waals surface area contributed by atoms with Gasteiger partial charge in [0.1, 0.15) is 5.82 Å². The lowest BCUT2D eigenvalue weighted by atomic mass is 10.1. The minimum absolute atomic E-state index is 0.0366. The van der Waals surface area contributed by atoms with Gasteiger partial charge in [-0.25, -0.2) is 4.98 Å². The summed E-state index contributed by atoms with van der Waals surface area (Å²) in [6, 6.07) is 9.07. The lowest BCUT2D eigenvalue weighted by Gasteiger charge is -2.12.